The maximum atomic E-state index is 11.8. The Morgan fingerprint density at radius 3 is 2.58 bits per heavy atom. The van der Waals surface area contributed by atoms with Crippen LogP contribution in [0.2, 0.25) is 0 Å². The lowest BCUT2D eigenvalue weighted by Gasteiger charge is -2.12. The highest BCUT2D eigenvalue weighted by Gasteiger charge is 2.08. The van der Waals surface area contributed by atoms with E-state index in [4.69, 9.17) is 9.47 Å². The molecule has 1 aromatic carbocycles. The summed E-state index contributed by atoms with van der Waals surface area (Å²) in [5.74, 6) is 1.69. The van der Waals surface area contributed by atoms with Gasteiger partial charge in [0.15, 0.2) is 0 Å². The van der Waals surface area contributed by atoms with Crippen molar-refractivity contribution in [2.45, 2.75) is 13.8 Å². The number of hydrogen-bond donors (Lipinski definition) is 2. The lowest BCUT2D eigenvalue weighted by Crippen LogP contribution is -2.30. The molecular formula is C14H22N2O3. The van der Waals surface area contributed by atoms with Crippen LogP contribution in [0.15, 0.2) is 18.2 Å². The van der Waals surface area contributed by atoms with E-state index in [-0.39, 0.29) is 12.5 Å². The largest absolute Gasteiger partial charge is 0.497 e. The number of hydrogen-bond acceptors (Lipinski definition) is 4. The van der Waals surface area contributed by atoms with Crippen LogP contribution in [0, 0.1) is 5.92 Å². The van der Waals surface area contributed by atoms with Crippen LogP contribution in [0.1, 0.15) is 13.8 Å². The van der Waals surface area contributed by atoms with Crippen molar-refractivity contribution in [3.8, 4) is 11.5 Å². The zero-order chi connectivity index (χ0) is 14.3. The molecule has 0 heterocycles. The van der Waals surface area contributed by atoms with Gasteiger partial charge in [0, 0.05) is 6.07 Å². The smallest absolute Gasteiger partial charge is 0.238 e. The van der Waals surface area contributed by atoms with Crippen LogP contribution in [0.3, 0.4) is 0 Å². The van der Waals surface area contributed by atoms with Crippen LogP contribution in [-0.2, 0) is 4.79 Å². The Kier molecular flexibility index (Phi) is 6.15. The maximum absolute atomic E-state index is 11.8. The first-order valence-electron chi connectivity index (χ1n) is 6.29. The zero-order valence-corrected chi connectivity index (χ0v) is 11.9. The predicted octanol–water partition coefficient (Wildman–Crippen LogP) is 1.89. The van der Waals surface area contributed by atoms with Gasteiger partial charge in [0.1, 0.15) is 11.5 Å². The van der Waals surface area contributed by atoms with Gasteiger partial charge in [0.05, 0.1) is 26.5 Å². The van der Waals surface area contributed by atoms with Crippen LogP contribution in [-0.4, -0.2) is 33.2 Å². The van der Waals surface area contributed by atoms with Gasteiger partial charge in [-0.1, -0.05) is 13.8 Å². The van der Waals surface area contributed by atoms with Crippen molar-refractivity contribution in [2.75, 3.05) is 32.6 Å². The number of methoxy groups -OCH3 is 2. The van der Waals surface area contributed by atoms with Crippen LogP contribution in [0.25, 0.3) is 0 Å². The van der Waals surface area contributed by atoms with Crippen molar-refractivity contribution in [2.24, 2.45) is 5.92 Å². The minimum Gasteiger partial charge on any atom is -0.497 e. The minimum atomic E-state index is -0.0934. The fraction of sp³-hybridized carbons (Fsp3) is 0.500. The van der Waals surface area contributed by atoms with E-state index in [1.54, 1.807) is 32.4 Å². The molecule has 19 heavy (non-hydrogen) atoms. The molecule has 1 aromatic rings. The van der Waals surface area contributed by atoms with Gasteiger partial charge in [-0.15, -0.1) is 0 Å². The molecule has 1 rings (SSSR count). The topological polar surface area (TPSA) is 59.6 Å². The molecule has 0 aliphatic rings. The van der Waals surface area contributed by atoms with Crippen LogP contribution < -0.4 is 20.1 Å². The summed E-state index contributed by atoms with van der Waals surface area (Å²) in [6.45, 7) is 5.29. The van der Waals surface area contributed by atoms with Gasteiger partial charge in [0.2, 0.25) is 5.91 Å². The van der Waals surface area contributed by atoms with E-state index >= 15 is 0 Å². The average Bonchev–Trinajstić information content (AvgIpc) is 2.38. The van der Waals surface area contributed by atoms with Gasteiger partial charge >= 0.3 is 0 Å². The fourth-order valence-electron chi connectivity index (χ4n) is 1.57. The highest BCUT2D eigenvalue weighted by molar-refractivity contribution is 5.93. The van der Waals surface area contributed by atoms with Gasteiger partial charge in [-0.2, -0.15) is 0 Å². The number of amides is 1. The summed E-state index contributed by atoms with van der Waals surface area (Å²) in [4.78, 5) is 11.8. The van der Waals surface area contributed by atoms with Gasteiger partial charge in [0.25, 0.3) is 0 Å². The summed E-state index contributed by atoms with van der Waals surface area (Å²) in [5.41, 5.74) is 0.639. The number of carbonyl (C=O) groups excluding carboxylic acids is 1. The molecule has 5 heteroatoms. The van der Waals surface area contributed by atoms with Crippen LogP contribution >= 0.6 is 0 Å². The first-order valence-corrected chi connectivity index (χ1v) is 6.29. The van der Waals surface area contributed by atoms with Gasteiger partial charge in [-0.3, -0.25) is 4.79 Å². The second-order valence-electron chi connectivity index (χ2n) is 4.64. The number of benzene rings is 1. The standard InChI is InChI=1S/C14H22N2O3/c1-10(2)8-15-9-14(17)16-12-6-5-11(18-3)7-13(12)19-4/h5-7,10,15H,8-9H2,1-4H3,(H,16,17). The number of anilines is 1. The number of rotatable bonds is 7. The molecule has 0 saturated heterocycles. The van der Waals surface area contributed by atoms with Crippen molar-refractivity contribution in [3.05, 3.63) is 18.2 Å². The van der Waals surface area contributed by atoms with Crippen LogP contribution in [0.4, 0.5) is 5.69 Å². The van der Waals surface area contributed by atoms with E-state index in [1.807, 2.05) is 0 Å². The normalized spacial score (nSPS) is 10.4. The van der Waals surface area contributed by atoms with Gasteiger partial charge in [-0.05, 0) is 24.6 Å². The molecule has 0 aliphatic heterocycles. The third kappa shape index (κ3) is 5.18. The van der Waals surface area contributed by atoms with E-state index in [1.165, 1.54) is 0 Å². The molecular weight excluding hydrogens is 244 g/mol. The van der Waals surface area contributed by atoms with E-state index < -0.39 is 0 Å². The maximum Gasteiger partial charge on any atom is 0.238 e. The summed E-state index contributed by atoms with van der Waals surface area (Å²) >= 11 is 0. The SMILES string of the molecule is COc1ccc(NC(=O)CNCC(C)C)c(OC)c1. The number of carbonyl (C=O) groups is 1. The highest BCUT2D eigenvalue weighted by atomic mass is 16.5. The summed E-state index contributed by atoms with van der Waals surface area (Å²) in [6.07, 6.45) is 0. The average molecular weight is 266 g/mol. The number of ether oxygens (including phenoxy) is 2. The second-order valence-corrected chi connectivity index (χ2v) is 4.64. The fourth-order valence-corrected chi connectivity index (χ4v) is 1.57. The molecule has 0 fully saturated rings. The molecule has 2 N–H and O–H groups in total. The highest BCUT2D eigenvalue weighted by Crippen LogP contribution is 2.28. The monoisotopic (exact) mass is 266 g/mol. The van der Waals surface area contributed by atoms with Crippen molar-refractivity contribution in [1.82, 2.24) is 5.32 Å². The molecule has 0 aliphatic carbocycles. The molecule has 0 spiro atoms. The Bertz CT molecular complexity index is 419. The van der Waals surface area contributed by atoms with Gasteiger partial charge < -0.3 is 20.1 Å². The summed E-state index contributed by atoms with van der Waals surface area (Å²) in [5, 5.41) is 5.89. The minimum absolute atomic E-state index is 0.0934. The Morgan fingerprint density at radius 1 is 1.26 bits per heavy atom. The molecule has 5 nitrogen and oxygen atoms in total. The molecule has 0 saturated carbocycles. The molecule has 1 amide bonds. The van der Waals surface area contributed by atoms with E-state index in [9.17, 15) is 4.79 Å². The Hall–Kier alpha value is -1.75. The molecule has 0 unspecified atom stereocenters. The lowest BCUT2D eigenvalue weighted by atomic mass is 10.2. The Balaban J connectivity index is 2.58. The molecule has 106 valence electrons. The summed E-state index contributed by atoms with van der Waals surface area (Å²) in [6, 6.07) is 5.27. The number of nitrogens with one attached hydrogen (secondary N) is 2. The Morgan fingerprint density at radius 2 is 2.00 bits per heavy atom. The second kappa shape index (κ2) is 7.63. The quantitative estimate of drug-likeness (QED) is 0.791. The molecule has 0 bridgehead atoms. The van der Waals surface area contributed by atoms with Crippen molar-refractivity contribution in [3.63, 3.8) is 0 Å². The van der Waals surface area contributed by atoms with Crippen LogP contribution in [0.5, 0.6) is 11.5 Å². The predicted molar refractivity (Wildman–Crippen MR) is 75.9 cm³/mol. The summed E-state index contributed by atoms with van der Waals surface area (Å²) in [7, 11) is 3.14. The van der Waals surface area contributed by atoms with E-state index in [0.717, 1.165) is 6.54 Å². The lowest BCUT2D eigenvalue weighted by molar-refractivity contribution is -0.115. The Labute approximate surface area is 114 Å². The van der Waals surface area contributed by atoms with Crippen molar-refractivity contribution in [1.29, 1.82) is 0 Å². The van der Waals surface area contributed by atoms with E-state index in [0.29, 0.717) is 23.1 Å². The third-order valence-corrected chi connectivity index (χ3v) is 2.52. The summed E-state index contributed by atoms with van der Waals surface area (Å²) < 4.78 is 10.3. The molecule has 0 atom stereocenters. The first kappa shape index (κ1) is 15.3. The third-order valence-electron chi connectivity index (χ3n) is 2.52. The molecule has 0 aromatic heterocycles. The van der Waals surface area contributed by atoms with Crippen molar-refractivity contribution >= 4 is 11.6 Å². The molecule has 0 radical (unpaired) electrons. The first-order chi connectivity index (χ1) is 9.06. The van der Waals surface area contributed by atoms with Gasteiger partial charge in [-0.25, -0.2) is 0 Å². The van der Waals surface area contributed by atoms with Crippen molar-refractivity contribution < 1.29 is 14.3 Å². The zero-order valence-electron chi connectivity index (χ0n) is 11.9. The van der Waals surface area contributed by atoms with E-state index in [2.05, 4.69) is 24.5 Å².